The van der Waals surface area contributed by atoms with E-state index in [1.165, 1.54) is 0 Å². The van der Waals surface area contributed by atoms with Gasteiger partial charge in [-0.25, -0.2) is 0 Å². The Morgan fingerprint density at radius 1 is 1.00 bits per heavy atom. The molecule has 0 saturated heterocycles. The van der Waals surface area contributed by atoms with E-state index in [-0.39, 0.29) is 6.61 Å². The molecule has 0 spiro atoms. The number of hydrogen-bond acceptors (Lipinski definition) is 3. The van der Waals surface area contributed by atoms with Gasteiger partial charge in [-0.05, 0) is 59.9 Å². The largest absolute Gasteiger partial charge is 0.491 e. The third-order valence-electron chi connectivity index (χ3n) is 3.94. The summed E-state index contributed by atoms with van der Waals surface area (Å²) in [4.78, 5) is 4.07. The number of rotatable bonds is 7. The molecule has 25 heavy (non-hydrogen) atoms. The van der Waals surface area contributed by atoms with Gasteiger partial charge in [-0.3, -0.25) is 4.98 Å². The highest BCUT2D eigenvalue weighted by atomic mass is 35.5. The van der Waals surface area contributed by atoms with Crippen LogP contribution in [-0.4, -0.2) is 22.8 Å². The van der Waals surface area contributed by atoms with E-state index in [1.807, 2.05) is 66.9 Å². The van der Waals surface area contributed by atoms with Crippen molar-refractivity contribution in [3.63, 3.8) is 0 Å². The molecule has 0 fully saturated rings. The van der Waals surface area contributed by atoms with Gasteiger partial charge in [0.2, 0.25) is 0 Å². The molecule has 128 valence electrons. The van der Waals surface area contributed by atoms with Crippen LogP contribution in [0.4, 0.5) is 0 Å². The maximum absolute atomic E-state index is 10.1. The van der Waals surface area contributed by atoms with Gasteiger partial charge in [0.1, 0.15) is 12.4 Å². The van der Waals surface area contributed by atoms with Crippen molar-refractivity contribution >= 4 is 11.6 Å². The van der Waals surface area contributed by atoms with Crippen molar-refractivity contribution in [3.05, 3.63) is 83.6 Å². The Bertz CT molecular complexity index is 791. The van der Waals surface area contributed by atoms with E-state index in [9.17, 15) is 5.11 Å². The van der Waals surface area contributed by atoms with E-state index in [0.29, 0.717) is 6.42 Å². The van der Waals surface area contributed by atoms with Crippen LogP contribution >= 0.6 is 11.6 Å². The highest BCUT2D eigenvalue weighted by Crippen LogP contribution is 2.24. The third kappa shape index (κ3) is 5.31. The molecule has 3 nitrogen and oxygen atoms in total. The summed E-state index contributed by atoms with van der Waals surface area (Å²) in [6.45, 7) is 0.275. The zero-order valence-electron chi connectivity index (χ0n) is 13.8. The Balaban J connectivity index is 1.50. The molecule has 1 unspecified atom stereocenters. The predicted octanol–water partition coefficient (Wildman–Crippen LogP) is 4.77. The molecule has 0 bridgehead atoms. The fraction of sp³-hybridized carbons (Fsp3) is 0.190. The summed E-state index contributed by atoms with van der Waals surface area (Å²) in [7, 11) is 0. The standard InChI is InChI=1S/C21H20ClNO2/c22-19-5-1-4-18(13-19)17-7-10-21(11-8-17)25-15-20(24)9-6-16-3-2-12-23-14-16/h1-5,7-8,10-14,20,24H,6,9,15H2. The average molecular weight is 354 g/mol. The fourth-order valence-electron chi connectivity index (χ4n) is 2.57. The van der Waals surface area contributed by atoms with Crippen LogP contribution in [0.15, 0.2) is 73.1 Å². The van der Waals surface area contributed by atoms with Gasteiger partial charge in [0.25, 0.3) is 0 Å². The first-order valence-corrected chi connectivity index (χ1v) is 8.64. The Morgan fingerprint density at radius 3 is 2.56 bits per heavy atom. The van der Waals surface area contributed by atoms with Crippen LogP contribution in [0, 0.1) is 0 Å². The molecule has 2 aromatic carbocycles. The number of aliphatic hydroxyl groups excluding tert-OH is 1. The number of aryl methyl sites for hydroxylation is 1. The summed E-state index contributed by atoms with van der Waals surface area (Å²) in [5.74, 6) is 0.742. The zero-order chi connectivity index (χ0) is 17.5. The molecule has 3 aromatic rings. The molecule has 1 aromatic heterocycles. The minimum absolute atomic E-state index is 0.275. The Kier molecular flexibility index (Phi) is 6.04. The lowest BCUT2D eigenvalue weighted by molar-refractivity contribution is 0.100. The second-order valence-corrected chi connectivity index (χ2v) is 6.34. The summed E-state index contributed by atoms with van der Waals surface area (Å²) >= 11 is 6.03. The van der Waals surface area contributed by atoms with Crippen LogP contribution in [-0.2, 0) is 6.42 Å². The van der Waals surface area contributed by atoms with Gasteiger partial charge in [-0.2, -0.15) is 0 Å². The second kappa shape index (κ2) is 8.65. The van der Waals surface area contributed by atoms with Crippen molar-refractivity contribution in [3.8, 4) is 16.9 Å². The third-order valence-corrected chi connectivity index (χ3v) is 4.18. The van der Waals surface area contributed by atoms with Crippen molar-refractivity contribution in [2.75, 3.05) is 6.61 Å². The van der Waals surface area contributed by atoms with E-state index in [0.717, 1.165) is 33.9 Å². The van der Waals surface area contributed by atoms with Gasteiger partial charge < -0.3 is 9.84 Å². The highest BCUT2D eigenvalue weighted by Gasteiger charge is 2.06. The first-order chi connectivity index (χ1) is 12.2. The van der Waals surface area contributed by atoms with Gasteiger partial charge in [0.15, 0.2) is 0 Å². The molecule has 0 radical (unpaired) electrons. The summed E-state index contributed by atoms with van der Waals surface area (Å²) in [6, 6.07) is 19.4. The zero-order valence-corrected chi connectivity index (χ0v) is 14.6. The predicted molar refractivity (Wildman–Crippen MR) is 101 cm³/mol. The van der Waals surface area contributed by atoms with Crippen LogP contribution in [0.3, 0.4) is 0 Å². The van der Waals surface area contributed by atoms with Crippen molar-refractivity contribution in [1.82, 2.24) is 4.98 Å². The van der Waals surface area contributed by atoms with Crippen molar-refractivity contribution in [1.29, 1.82) is 0 Å². The maximum atomic E-state index is 10.1. The number of ether oxygens (including phenoxy) is 1. The lowest BCUT2D eigenvalue weighted by Crippen LogP contribution is -2.18. The quantitative estimate of drug-likeness (QED) is 0.665. The number of nitrogens with zero attached hydrogens (tertiary/aromatic N) is 1. The minimum atomic E-state index is -0.507. The topological polar surface area (TPSA) is 42.4 Å². The van der Waals surface area contributed by atoms with Gasteiger partial charge in [-0.15, -0.1) is 0 Å². The smallest absolute Gasteiger partial charge is 0.119 e. The summed E-state index contributed by atoms with van der Waals surface area (Å²) in [6.07, 6.45) is 4.49. The molecule has 0 aliphatic rings. The Hall–Kier alpha value is -2.36. The fourth-order valence-corrected chi connectivity index (χ4v) is 2.76. The molecule has 0 aliphatic carbocycles. The molecule has 0 amide bonds. The van der Waals surface area contributed by atoms with Crippen LogP contribution in [0.2, 0.25) is 5.02 Å². The first kappa shape index (κ1) is 17.5. The minimum Gasteiger partial charge on any atom is -0.491 e. The number of aromatic nitrogens is 1. The first-order valence-electron chi connectivity index (χ1n) is 8.26. The SMILES string of the molecule is OC(CCc1cccnc1)COc1ccc(-c2cccc(Cl)c2)cc1. The van der Waals surface area contributed by atoms with Gasteiger partial charge >= 0.3 is 0 Å². The molecule has 1 atom stereocenters. The number of pyridine rings is 1. The number of hydrogen-bond donors (Lipinski definition) is 1. The second-order valence-electron chi connectivity index (χ2n) is 5.90. The molecular weight excluding hydrogens is 334 g/mol. The van der Waals surface area contributed by atoms with Crippen molar-refractivity contribution < 1.29 is 9.84 Å². The van der Waals surface area contributed by atoms with E-state index in [4.69, 9.17) is 16.3 Å². The lowest BCUT2D eigenvalue weighted by Gasteiger charge is -2.13. The molecule has 0 aliphatic heterocycles. The summed E-state index contributed by atoms with van der Waals surface area (Å²) in [5, 5.41) is 10.8. The molecule has 0 saturated carbocycles. The average Bonchev–Trinajstić information content (AvgIpc) is 2.66. The van der Waals surface area contributed by atoms with Gasteiger partial charge in [0, 0.05) is 17.4 Å². The molecule has 3 rings (SSSR count). The monoisotopic (exact) mass is 353 g/mol. The van der Waals surface area contributed by atoms with Crippen molar-refractivity contribution in [2.45, 2.75) is 18.9 Å². The number of benzene rings is 2. The molecule has 1 N–H and O–H groups in total. The highest BCUT2D eigenvalue weighted by molar-refractivity contribution is 6.30. The molecular formula is C21H20ClNO2. The number of halogens is 1. The lowest BCUT2D eigenvalue weighted by atomic mass is 10.1. The van der Waals surface area contributed by atoms with Crippen molar-refractivity contribution in [2.24, 2.45) is 0 Å². The van der Waals surface area contributed by atoms with Gasteiger partial charge in [-0.1, -0.05) is 41.9 Å². The normalized spacial score (nSPS) is 11.9. The summed E-state index contributed by atoms with van der Waals surface area (Å²) < 4.78 is 5.68. The summed E-state index contributed by atoms with van der Waals surface area (Å²) in [5.41, 5.74) is 3.26. The van der Waals surface area contributed by atoms with Crippen LogP contribution in [0.1, 0.15) is 12.0 Å². The Morgan fingerprint density at radius 2 is 1.84 bits per heavy atom. The van der Waals surface area contributed by atoms with Crippen LogP contribution in [0.5, 0.6) is 5.75 Å². The number of aliphatic hydroxyl groups is 1. The van der Waals surface area contributed by atoms with Gasteiger partial charge in [0.05, 0.1) is 6.10 Å². The van der Waals surface area contributed by atoms with Crippen LogP contribution in [0.25, 0.3) is 11.1 Å². The molecule has 1 heterocycles. The molecule has 4 heteroatoms. The van der Waals surface area contributed by atoms with E-state index < -0.39 is 6.10 Å². The van der Waals surface area contributed by atoms with E-state index in [2.05, 4.69) is 4.98 Å². The van der Waals surface area contributed by atoms with E-state index in [1.54, 1.807) is 6.20 Å². The van der Waals surface area contributed by atoms with Crippen LogP contribution < -0.4 is 4.74 Å². The van der Waals surface area contributed by atoms with E-state index >= 15 is 0 Å². The maximum Gasteiger partial charge on any atom is 0.119 e. The Labute approximate surface area is 152 Å².